The minimum Gasteiger partial charge on any atom is -0.494 e. The van der Waals surface area contributed by atoms with Crippen LogP contribution in [0.1, 0.15) is 18.9 Å². The number of benzene rings is 2. The molecule has 0 bridgehead atoms. The van der Waals surface area contributed by atoms with Gasteiger partial charge >= 0.3 is 0 Å². The molecule has 0 aliphatic carbocycles. The van der Waals surface area contributed by atoms with Crippen LogP contribution in [0.2, 0.25) is 0 Å². The van der Waals surface area contributed by atoms with Crippen LogP contribution in [-0.2, 0) is 6.54 Å². The number of anilines is 1. The van der Waals surface area contributed by atoms with Crippen molar-refractivity contribution in [1.82, 2.24) is 4.57 Å². The van der Waals surface area contributed by atoms with Gasteiger partial charge in [0.1, 0.15) is 5.75 Å². The van der Waals surface area contributed by atoms with E-state index in [1.165, 1.54) is 16.5 Å². The molecule has 0 fully saturated rings. The monoisotopic (exact) mass is 280 g/mol. The van der Waals surface area contributed by atoms with Crippen LogP contribution in [0.5, 0.6) is 5.75 Å². The Morgan fingerprint density at radius 3 is 2.62 bits per heavy atom. The SMILES string of the molecule is CCCOc1ccc2c(ccn2Cc2ccc(N)cc2)c1. The van der Waals surface area contributed by atoms with E-state index in [0.717, 1.165) is 31.0 Å². The van der Waals surface area contributed by atoms with E-state index in [4.69, 9.17) is 10.5 Å². The van der Waals surface area contributed by atoms with Gasteiger partial charge < -0.3 is 15.0 Å². The molecule has 0 saturated carbocycles. The Kier molecular flexibility index (Phi) is 3.82. The molecule has 2 N–H and O–H groups in total. The van der Waals surface area contributed by atoms with Crippen LogP contribution < -0.4 is 10.5 Å². The second-order valence-electron chi connectivity index (χ2n) is 5.25. The lowest BCUT2D eigenvalue weighted by atomic mass is 10.2. The van der Waals surface area contributed by atoms with Gasteiger partial charge in [-0.25, -0.2) is 0 Å². The first kappa shape index (κ1) is 13.6. The average Bonchev–Trinajstić information content (AvgIpc) is 2.90. The summed E-state index contributed by atoms with van der Waals surface area (Å²) in [6, 6.07) is 16.4. The highest BCUT2D eigenvalue weighted by Gasteiger charge is 2.04. The molecular formula is C18H20N2O. The lowest BCUT2D eigenvalue weighted by molar-refractivity contribution is 0.318. The van der Waals surface area contributed by atoms with E-state index < -0.39 is 0 Å². The molecule has 1 aromatic heterocycles. The van der Waals surface area contributed by atoms with E-state index in [2.05, 4.69) is 48.0 Å². The summed E-state index contributed by atoms with van der Waals surface area (Å²) in [6.07, 6.45) is 3.14. The Hall–Kier alpha value is -2.42. The molecule has 3 nitrogen and oxygen atoms in total. The number of aromatic nitrogens is 1. The standard InChI is InChI=1S/C18H20N2O/c1-2-11-21-17-7-8-18-15(12-17)9-10-20(18)13-14-3-5-16(19)6-4-14/h3-10,12H,2,11,13,19H2,1H3. The number of nitrogens with zero attached hydrogens (tertiary/aromatic N) is 1. The van der Waals surface area contributed by atoms with E-state index in [9.17, 15) is 0 Å². The van der Waals surface area contributed by atoms with E-state index in [-0.39, 0.29) is 0 Å². The highest BCUT2D eigenvalue weighted by atomic mass is 16.5. The minimum atomic E-state index is 0.762. The fraction of sp³-hybridized carbons (Fsp3) is 0.222. The molecular weight excluding hydrogens is 260 g/mol. The Balaban J connectivity index is 1.84. The maximum atomic E-state index is 5.73. The molecule has 0 unspecified atom stereocenters. The van der Waals surface area contributed by atoms with Crippen LogP contribution in [0, 0.1) is 0 Å². The van der Waals surface area contributed by atoms with Gasteiger partial charge in [-0.1, -0.05) is 19.1 Å². The Morgan fingerprint density at radius 2 is 1.86 bits per heavy atom. The third kappa shape index (κ3) is 3.02. The number of nitrogen functional groups attached to an aromatic ring is 1. The van der Waals surface area contributed by atoms with Gasteiger partial charge in [0.15, 0.2) is 0 Å². The average molecular weight is 280 g/mol. The molecule has 2 aromatic carbocycles. The number of hydrogen-bond acceptors (Lipinski definition) is 2. The summed E-state index contributed by atoms with van der Waals surface area (Å²) in [5.41, 5.74) is 8.99. The Morgan fingerprint density at radius 1 is 1.05 bits per heavy atom. The lowest BCUT2D eigenvalue weighted by Gasteiger charge is -2.08. The summed E-state index contributed by atoms with van der Waals surface area (Å²) in [6.45, 7) is 3.72. The first-order valence-corrected chi connectivity index (χ1v) is 7.32. The van der Waals surface area contributed by atoms with Crippen LogP contribution in [-0.4, -0.2) is 11.2 Å². The molecule has 1 heterocycles. The van der Waals surface area contributed by atoms with Gasteiger partial charge in [-0.2, -0.15) is 0 Å². The molecule has 0 aliphatic rings. The van der Waals surface area contributed by atoms with Gasteiger partial charge in [0.2, 0.25) is 0 Å². The topological polar surface area (TPSA) is 40.2 Å². The second-order valence-corrected chi connectivity index (χ2v) is 5.25. The molecule has 0 amide bonds. The van der Waals surface area contributed by atoms with Crippen LogP contribution in [0.3, 0.4) is 0 Å². The van der Waals surface area contributed by atoms with Crippen molar-refractivity contribution < 1.29 is 4.74 Å². The third-order valence-electron chi connectivity index (χ3n) is 3.55. The highest BCUT2D eigenvalue weighted by molar-refractivity contribution is 5.81. The largest absolute Gasteiger partial charge is 0.494 e. The van der Waals surface area contributed by atoms with Gasteiger partial charge in [0, 0.05) is 29.3 Å². The molecule has 0 saturated heterocycles. The fourth-order valence-corrected chi connectivity index (χ4v) is 2.45. The van der Waals surface area contributed by atoms with Crippen molar-refractivity contribution in [3.8, 4) is 5.75 Å². The second kappa shape index (κ2) is 5.92. The summed E-state index contributed by atoms with van der Waals surface area (Å²) in [4.78, 5) is 0. The summed E-state index contributed by atoms with van der Waals surface area (Å²) in [7, 11) is 0. The van der Waals surface area contributed by atoms with E-state index >= 15 is 0 Å². The summed E-state index contributed by atoms with van der Waals surface area (Å²) in [5.74, 6) is 0.939. The van der Waals surface area contributed by atoms with Gasteiger partial charge in [0.05, 0.1) is 6.61 Å². The van der Waals surface area contributed by atoms with Gasteiger partial charge in [-0.05, 0) is 48.4 Å². The molecule has 0 spiro atoms. The van der Waals surface area contributed by atoms with Crippen LogP contribution in [0.4, 0.5) is 5.69 Å². The van der Waals surface area contributed by atoms with E-state index in [0.29, 0.717) is 0 Å². The number of hydrogen-bond donors (Lipinski definition) is 1. The fourth-order valence-electron chi connectivity index (χ4n) is 2.45. The first-order chi connectivity index (χ1) is 10.3. The molecule has 108 valence electrons. The lowest BCUT2D eigenvalue weighted by Crippen LogP contribution is -1.98. The molecule has 0 atom stereocenters. The van der Waals surface area contributed by atoms with E-state index in [1.807, 2.05) is 18.2 Å². The molecule has 0 aliphatic heterocycles. The number of rotatable bonds is 5. The quantitative estimate of drug-likeness (QED) is 0.716. The van der Waals surface area contributed by atoms with Gasteiger partial charge in [-0.3, -0.25) is 0 Å². The number of ether oxygens (including phenoxy) is 1. The third-order valence-corrected chi connectivity index (χ3v) is 3.55. The zero-order valence-corrected chi connectivity index (χ0v) is 12.3. The van der Waals surface area contributed by atoms with Gasteiger partial charge in [0.25, 0.3) is 0 Å². The number of fused-ring (bicyclic) bond motifs is 1. The zero-order valence-electron chi connectivity index (χ0n) is 12.3. The molecule has 21 heavy (non-hydrogen) atoms. The van der Waals surface area contributed by atoms with Crippen molar-refractivity contribution >= 4 is 16.6 Å². The summed E-state index contributed by atoms with van der Waals surface area (Å²) >= 11 is 0. The van der Waals surface area contributed by atoms with Crippen molar-refractivity contribution in [3.05, 3.63) is 60.3 Å². The molecule has 0 radical (unpaired) electrons. The molecule has 3 aromatic rings. The van der Waals surface area contributed by atoms with Crippen LogP contribution in [0.15, 0.2) is 54.7 Å². The number of nitrogens with two attached hydrogens (primary N) is 1. The normalized spacial score (nSPS) is 10.9. The highest BCUT2D eigenvalue weighted by Crippen LogP contribution is 2.23. The minimum absolute atomic E-state index is 0.762. The Labute approximate surface area is 125 Å². The van der Waals surface area contributed by atoms with Crippen molar-refractivity contribution in [3.63, 3.8) is 0 Å². The van der Waals surface area contributed by atoms with Crippen LogP contribution >= 0.6 is 0 Å². The zero-order chi connectivity index (χ0) is 14.7. The van der Waals surface area contributed by atoms with E-state index in [1.54, 1.807) is 0 Å². The van der Waals surface area contributed by atoms with Crippen molar-refractivity contribution in [2.75, 3.05) is 12.3 Å². The summed E-state index contributed by atoms with van der Waals surface area (Å²) < 4.78 is 7.92. The van der Waals surface area contributed by atoms with Gasteiger partial charge in [-0.15, -0.1) is 0 Å². The smallest absolute Gasteiger partial charge is 0.120 e. The molecule has 3 rings (SSSR count). The Bertz CT molecular complexity index is 729. The van der Waals surface area contributed by atoms with Crippen molar-refractivity contribution in [2.45, 2.75) is 19.9 Å². The maximum Gasteiger partial charge on any atom is 0.120 e. The predicted octanol–water partition coefficient (Wildman–Crippen LogP) is 4.06. The van der Waals surface area contributed by atoms with Crippen molar-refractivity contribution in [2.24, 2.45) is 0 Å². The first-order valence-electron chi connectivity index (χ1n) is 7.32. The molecule has 3 heteroatoms. The van der Waals surface area contributed by atoms with Crippen LogP contribution in [0.25, 0.3) is 10.9 Å². The summed E-state index contributed by atoms with van der Waals surface area (Å²) in [5, 5.41) is 1.21. The maximum absolute atomic E-state index is 5.73. The van der Waals surface area contributed by atoms with Crippen molar-refractivity contribution in [1.29, 1.82) is 0 Å². The predicted molar refractivity (Wildman–Crippen MR) is 87.7 cm³/mol.